The molecule has 1 saturated carbocycles. The summed E-state index contributed by atoms with van der Waals surface area (Å²) in [6, 6.07) is 0. The zero-order chi connectivity index (χ0) is 7.90. The second-order valence-corrected chi connectivity index (χ2v) is 5.23. The molecule has 0 amide bonds. The standard InChI is InChI=1S/C8H10BrNS/c1-8(2-3-8)6(9)7-10-4-5-11-7/h4-6H,2-3H2,1H3. The minimum atomic E-state index is 0.481. The topological polar surface area (TPSA) is 12.9 Å². The number of aromatic nitrogens is 1. The number of thiazole rings is 1. The minimum absolute atomic E-state index is 0.481. The molecule has 0 aliphatic heterocycles. The molecule has 0 spiro atoms. The van der Waals surface area contributed by atoms with E-state index in [9.17, 15) is 0 Å². The van der Waals surface area contributed by atoms with Crippen molar-refractivity contribution in [2.45, 2.75) is 24.6 Å². The molecule has 60 valence electrons. The molecule has 11 heavy (non-hydrogen) atoms. The molecule has 0 N–H and O–H groups in total. The highest BCUT2D eigenvalue weighted by Crippen LogP contribution is 2.58. The Labute approximate surface area is 79.0 Å². The Morgan fingerprint density at radius 3 is 2.91 bits per heavy atom. The van der Waals surface area contributed by atoms with Gasteiger partial charge in [0.1, 0.15) is 5.01 Å². The van der Waals surface area contributed by atoms with Crippen LogP contribution in [-0.4, -0.2) is 4.98 Å². The third kappa shape index (κ3) is 1.36. The summed E-state index contributed by atoms with van der Waals surface area (Å²) in [4.78, 5) is 4.78. The molecule has 0 saturated heterocycles. The first-order valence-corrected chi connectivity index (χ1v) is 5.55. The van der Waals surface area contributed by atoms with Gasteiger partial charge in [0.25, 0.3) is 0 Å². The lowest BCUT2D eigenvalue weighted by Gasteiger charge is -2.12. The van der Waals surface area contributed by atoms with Gasteiger partial charge in [0, 0.05) is 11.6 Å². The van der Waals surface area contributed by atoms with E-state index in [2.05, 4.69) is 27.8 Å². The molecule has 1 aromatic heterocycles. The Balaban J connectivity index is 2.17. The van der Waals surface area contributed by atoms with Crippen LogP contribution in [0.1, 0.15) is 29.6 Å². The molecule has 1 unspecified atom stereocenters. The lowest BCUT2D eigenvalue weighted by atomic mass is 10.1. The van der Waals surface area contributed by atoms with Gasteiger partial charge in [-0.1, -0.05) is 22.9 Å². The predicted molar refractivity (Wildman–Crippen MR) is 51.1 cm³/mol. The third-order valence-corrected chi connectivity index (χ3v) is 5.00. The van der Waals surface area contributed by atoms with Crippen LogP contribution in [0.15, 0.2) is 11.6 Å². The Kier molecular flexibility index (Phi) is 1.80. The van der Waals surface area contributed by atoms with E-state index in [-0.39, 0.29) is 0 Å². The summed E-state index contributed by atoms with van der Waals surface area (Å²) in [6.07, 6.45) is 4.55. The number of alkyl halides is 1. The highest BCUT2D eigenvalue weighted by Gasteiger charge is 2.45. The maximum Gasteiger partial charge on any atom is 0.107 e. The summed E-state index contributed by atoms with van der Waals surface area (Å²) in [7, 11) is 0. The van der Waals surface area contributed by atoms with Crippen LogP contribution in [0.3, 0.4) is 0 Å². The van der Waals surface area contributed by atoms with E-state index in [1.807, 2.05) is 11.6 Å². The van der Waals surface area contributed by atoms with Gasteiger partial charge in [0.05, 0.1) is 4.83 Å². The highest BCUT2D eigenvalue weighted by molar-refractivity contribution is 9.09. The Morgan fingerprint density at radius 2 is 2.45 bits per heavy atom. The van der Waals surface area contributed by atoms with Crippen LogP contribution in [0.2, 0.25) is 0 Å². The highest BCUT2D eigenvalue weighted by atomic mass is 79.9. The summed E-state index contributed by atoms with van der Waals surface area (Å²) >= 11 is 5.44. The molecule has 1 aliphatic rings. The Hall–Kier alpha value is 0.110. The van der Waals surface area contributed by atoms with Crippen LogP contribution in [0.5, 0.6) is 0 Å². The van der Waals surface area contributed by atoms with Gasteiger partial charge >= 0.3 is 0 Å². The number of hydrogen-bond acceptors (Lipinski definition) is 2. The zero-order valence-electron chi connectivity index (χ0n) is 6.38. The van der Waals surface area contributed by atoms with Crippen LogP contribution in [-0.2, 0) is 0 Å². The van der Waals surface area contributed by atoms with Crippen molar-refractivity contribution >= 4 is 27.3 Å². The maximum atomic E-state index is 4.29. The normalized spacial score (nSPS) is 23.1. The van der Waals surface area contributed by atoms with Crippen molar-refractivity contribution in [3.8, 4) is 0 Å². The Bertz CT molecular complexity index is 241. The minimum Gasteiger partial charge on any atom is -0.248 e. The molecule has 1 aromatic rings. The fraction of sp³-hybridized carbons (Fsp3) is 0.625. The molecule has 0 bridgehead atoms. The lowest BCUT2D eigenvalue weighted by molar-refractivity contribution is 0.563. The first-order valence-electron chi connectivity index (χ1n) is 3.76. The molecule has 1 heterocycles. The molecule has 0 radical (unpaired) electrons. The van der Waals surface area contributed by atoms with Gasteiger partial charge in [-0.2, -0.15) is 0 Å². The smallest absolute Gasteiger partial charge is 0.107 e. The fourth-order valence-electron chi connectivity index (χ4n) is 1.11. The van der Waals surface area contributed by atoms with Crippen molar-refractivity contribution in [2.75, 3.05) is 0 Å². The second-order valence-electron chi connectivity index (χ2n) is 3.39. The molecular formula is C8H10BrNS. The van der Waals surface area contributed by atoms with Crippen molar-refractivity contribution in [1.82, 2.24) is 4.98 Å². The number of rotatable bonds is 2. The first-order chi connectivity index (χ1) is 5.22. The summed E-state index contributed by atoms with van der Waals surface area (Å²) in [6.45, 7) is 2.31. The van der Waals surface area contributed by atoms with Crippen LogP contribution in [0.4, 0.5) is 0 Å². The van der Waals surface area contributed by atoms with E-state index in [0.717, 1.165) is 0 Å². The van der Waals surface area contributed by atoms with E-state index < -0.39 is 0 Å². The van der Waals surface area contributed by atoms with E-state index >= 15 is 0 Å². The van der Waals surface area contributed by atoms with Crippen molar-refractivity contribution in [3.63, 3.8) is 0 Å². The van der Waals surface area contributed by atoms with Gasteiger partial charge in [-0.3, -0.25) is 0 Å². The molecule has 1 fully saturated rings. The number of nitrogens with zero attached hydrogens (tertiary/aromatic N) is 1. The monoisotopic (exact) mass is 231 g/mol. The predicted octanol–water partition coefficient (Wildman–Crippen LogP) is 3.38. The summed E-state index contributed by atoms with van der Waals surface area (Å²) in [5.74, 6) is 0. The molecule has 0 aromatic carbocycles. The van der Waals surface area contributed by atoms with Crippen LogP contribution in [0.25, 0.3) is 0 Å². The van der Waals surface area contributed by atoms with E-state index in [0.29, 0.717) is 10.2 Å². The van der Waals surface area contributed by atoms with Crippen molar-refractivity contribution in [3.05, 3.63) is 16.6 Å². The molecule has 1 atom stereocenters. The van der Waals surface area contributed by atoms with Gasteiger partial charge in [-0.25, -0.2) is 4.98 Å². The fourth-order valence-corrected chi connectivity index (χ4v) is 2.79. The molecule has 1 nitrogen and oxygen atoms in total. The quantitative estimate of drug-likeness (QED) is 0.712. The van der Waals surface area contributed by atoms with Crippen molar-refractivity contribution in [1.29, 1.82) is 0 Å². The largest absolute Gasteiger partial charge is 0.248 e. The average Bonchev–Trinajstić information content (AvgIpc) is 2.54. The summed E-state index contributed by atoms with van der Waals surface area (Å²) in [5, 5.41) is 3.26. The van der Waals surface area contributed by atoms with Gasteiger partial charge in [-0.15, -0.1) is 11.3 Å². The Morgan fingerprint density at radius 1 is 1.73 bits per heavy atom. The van der Waals surface area contributed by atoms with E-state index in [1.54, 1.807) is 11.3 Å². The zero-order valence-corrected chi connectivity index (χ0v) is 8.78. The molecule has 1 aliphatic carbocycles. The van der Waals surface area contributed by atoms with Gasteiger partial charge in [0.15, 0.2) is 0 Å². The number of halogens is 1. The van der Waals surface area contributed by atoms with Crippen LogP contribution >= 0.6 is 27.3 Å². The van der Waals surface area contributed by atoms with Crippen LogP contribution < -0.4 is 0 Å². The van der Waals surface area contributed by atoms with E-state index in [1.165, 1.54) is 17.8 Å². The summed E-state index contributed by atoms with van der Waals surface area (Å²) in [5.41, 5.74) is 0.498. The van der Waals surface area contributed by atoms with Gasteiger partial charge in [-0.05, 0) is 18.3 Å². The van der Waals surface area contributed by atoms with Crippen molar-refractivity contribution in [2.24, 2.45) is 5.41 Å². The maximum absolute atomic E-state index is 4.29. The number of hydrogen-bond donors (Lipinski definition) is 0. The van der Waals surface area contributed by atoms with Gasteiger partial charge < -0.3 is 0 Å². The van der Waals surface area contributed by atoms with E-state index in [4.69, 9.17) is 0 Å². The molecule has 2 rings (SSSR count). The summed E-state index contributed by atoms with van der Waals surface area (Å²) < 4.78 is 0. The second kappa shape index (κ2) is 2.56. The first kappa shape index (κ1) is 7.74. The van der Waals surface area contributed by atoms with Crippen LogP contribution in [0, 0.1) is 5.41 Å². The molecular weight excluding hydrogens is 222 g/mol. The third-order valence-electron chi connectivity index (χ3n) is 2.32. The SMILES string of the molecule is CC1(C(Br)c2nccs2)CC1. The lowest BCUT2D eigenvalue weighted by Crippen LogP contribution is -2.02. The average molecular weight is 232 g/mol. The molecule has 3 heteroatoms. The van der Waals surface area contributed by atoms with Gasteiger partial charge in [0.2, 0.25) is 0 Å². The van der Waals surface area contributed by atoms with Crippen molar-refractivity contribution < 1.29 is 0 Å².